The summed E-state index contributed by atoms with van der Waals surface area (Å²) >= 11 is 1.28. The normalized spacial score (nSPS) is 10.5. The lowest BCUT2D eigenvalue weighted by Gasteiger charge is -1.95. The zero-order valence-corrected chi connectivity index (χ0v) is 7.27. The second-order valence-electron chi connectivity index (χ2n) is 2.61. The Hall–Kier alpha value is -1.42. The topological polar surface area (TPSA) is 37.3 Å². The minimum atomic E-state index is -0.660. The molecule has 2 aromatic rings. The first-order chi connectivity index (χ1) is 6.22. The fraction of sp³-hybridized carbons (Fsp3) is 0. The average molecular weight is 196 g/mol. The summed E-state index contributed by atoms with van der Waals surface area (Å²) in [4.78, 5) is 10.5. The first kappa shape index (κ1) is 8.19. The zero-order valence-electron chi connectivity index (χ0n) is 6.45. The van der Waals surface area contributed by atoms with E-state index < -0.39 is 11.6 Å². The number of halogens is 1. The Kier molecular flexibility index (Phi) is 1.77. The molecule has 0 atom stereocenters. The number of hydrogen-bond donors (Lipinski definition) is 1. The Bertz CT molecular complexity index is 476. The van der Waals surface area contributed by atoms with Gasteiger partial charge in [-0.25, -0.2) is 4.39 Å². The van der Waals surface area contributed by atoms with Crippen LogP contribution in [0.1, 0.15) is 10.4 Å². The molecule has 0 bridgehead atoms. The van der Waals surface area contributed by atoms with Gasteiger partial charge in [0, 0.05) is 21.0 Å². The molecule has 4 heteroatoms. The van der Waals surface area contributed by atoms with Crippen molar-refractivity contribution < 1.29 is 14.3 Å². The van der Waals surface area contributed by atoms with E-state index in [0.717, 1.165) is 0 Å². The maximum Gasteiger partial charge on any atom is 0.166 e. The number of aromatic hydroxyl groups is 1. The van der Waals surface area contributed by atoms with E-state index in [9.17, 15) is 9.18 Å². The molecule has 66 valence electrons. The van der Waals surface area contributed by atoms with E-state index in [1.54, 1.807) is 5.38 Å². The molecule has 1 aromatic heterocycles. The molecule has 0 aliphatic carbocycles. The van der Waals surface area contributed by atoms with Crippen molar-refractivity contribution in [3.63, 3.8) is 0 Å². The molecule has 0 aliphatic rings. The van der Waals surface area contributed by atoms with Crippen LogP contribution in [0.3, 0.4) is 0 Å². The van der Waals surface area contributed by atoms with Crippen molar-refractivity contribution in [3.8, 4) is 5.75 Å². The van der Waals surface area contributed by atoms with Crippen LogP contribution < -0.4 is 0 Å². The van der Waals surface area contributed by atoms with Crippen molar-refractivity contribution in [1.29, 1.82) is 0 Å². The molecule has 0 spiro atoms. The van der Waals surface area contributed by atoms with Crippen molar-refractivity contribution in [2.75, 3.05) is 0 Å². The van der Waals surface area contributed by atoms with Crippen LogP contribution in [0.2, 0.25) is 0 Å². The van der Waals surface area contributed by atoms with E-state index in [2.05, 4.69) is 0 Å². The summed E-state index contributed by atoms with van der Waals surface area (Å²) in [5.74, 6) is -1.08. The molecule has 0 saturated heterocycles. The Morgan fingerprint density at radius 3 is 2.92 bits per heavy atom. The summed E-state index contributed by atoms with van der Waals surface area (Å²) in [6.45, 7) is 0. The molecule has 0 radical (unpaired) electrons. The van der Waals surface area contributed by atoms with Gasteiger partial charge in [0.2, 0.25) is 0 Å². The van der Waals surface area contributed by atoms with Gasteiger partial charge in [0.05, 0.1) is 0 Å². The number of carbonyl (C=O) groups excluding carboxylic acids is 1. The third kappa shape index (κ3) is 1.19. The monoisotopic (exact) mass is 196 g/mol. The number of carbonyl (C=O) groups is 1. The van der Waals surface area contributed by atoms with E-state index in [-0.39, 0.29) is 0 Å². The predicted octanol–water partition coefficient (Wildman–Crippen LogP) is 2.56. The number of phenols is 1. The quantitative estimate of drug-likeness (QED) is 0.711. The maximum atomic E-state index is 12.8. The number of rotatable bonds is 1. The highest BCUT2D eigenvalue weighted by Gasteiger charge is 2.07. The number of fused-ring (bicyclic) bond motifs is 1. The lowest BCUT2D eigenvalue weighted by Crippen LogP contribution is -1.78. The summed E-state index contributed by atoms with van der Waals surface area (Å²) in [7, 11) is 0. The third-order valence-corrected chi connectivity index (χ3v) is 2.76. The summed E-state index contributed by atoms with van der Waals surface area (Å²) in [5, 5.41) is 11.3. The molecule has 2 rings (SSSR count). The van der Waals surface area contributed by atoms with Crippen LogP contribution in [-0.4, -0.2) is 11.4 Å². The molecule has 0 fully saturated rings. The first-order valence-corrected chi connectivity index (χ1v) is 4.45. The minimum absolute atomic E-state index is 0.422. The third-order valence-electron chi connectivity index (χ3n) is 1.80. The highest BCUT2D eigenvalue weighted by atomic mass is 32.1. The predicted molar refractivity (Wildman–Crippen MR) is 48.8 cm³/mol. The van der Waals surface area contributed by atoms with Crippen LogP contribution in [0.15, 0.2) is 17.5 Å². The fourth-order valence-corrected chi connectivity index (χ4v) is 2.06. The van der Waals surface area contributed by atoms with Crippen molar-refractivity contribution in [3.05, 3.63) is 28.9 Å². The molecular formula is C9H5FO2S. The Balaban J connectivity index is 2.84. The standard InChI is InChI=1S/C9H5FO2S/c10-7-2-9-6(1-8(7)12)5(3-11)4-13-9/h1-4,12H. The minimum Gasteiger partial charge on any atom is -0.505 e. The van der Waals surface area contributed by atoms with Crippen LogP contribution in [0, 0.1) is 5.82 Å². The lowest BCUT2D eigenvalue weighted by molar-refractivity contribution is 0.112. The molecule has 1 aromatic carbocycles. The van der Waals surface area contributed by atoms with E-state index in [4.69, 9.17) is 5.11 Å². The molecule has 0 aliphatic heterocycles. The van der Waals surface area contributed by atoms with Crippen LogP contribution in [-0.2, 0) is 0 Å². The van der Waals surface area contributed by atoms with E-state index in [1.165, 1.54) is 23.5 Å². The SMILES string of the molecule is O=Cc1csc2cc(F)c(O)cc12. The second kappa shape index (κ2) is 2.81. The molecule has 2 nitrogen and oxygen atoms in total. The second-order valence-corrected chi connectivity index (χ2v) is 3.52. The number of aldehydes is 1. The molecule has 1 heterocycles. The van der Waals surface area contributed by atoms with Gasteiger partial charge in [0.15, 0.2) is 17.9 Å². The van der Waals surface area contributed by atoms with Gasteiger partial charge in [-0.05, 0) is 12.1 Å². The molecule has 13 heavy (non-hydrogen) atoms. The van der Waals surface area contributed by atoms with Gasteiger partial charge >= 0.3 is 0 Å². The van der Waals surface area contributed by atoms with E-state index >= 15 is 0 Å². The number of phenolic OH excluding ortho intramolecular Hbond substituents is 1. The molecule has 0 amide bonds. The molecular weight excluding hydrogens is 191 g/mol. The molecule has 0 unspecified atom stereocenters. The van der Waals surface area contributed by atoms with E-state index in [1.807, 2.05) is 0 Å². The van der Waals surface area contributed by atoms with Crippen molar-refractivity contribution in [1.82, 2.24) is 0 Å². The summed E-state index contributed by atoms with van der Waals surface area (Å²) in [6, 6.07) is 2.49. The Morgan fingerprint density at radius 2 is 2.23 bits per heavy atom. The van der Waals surface area contributed by atoms with Gasteiger partial charge in [-0.2, -0.15) is 0 Å². The Labute approximate surface area is 77.2 Å². The van der Waals surface area contributed by atoms with Crippen LogP contribution in [0.25, 0.3) is 10.1 Å². The Morgan fingerprint density at radius 1 is 1.46 bits per heavy atom. The van der Waals surface area contributed by atoms with Crippen LogP contribution in [0.4, 0.5) is 4.39 Å². The maximum absolute atomic E-state index is 12.8. The number of benzene rings is 1. The van der Waals surface area contributed by atoms with Crippen molar-refractivity contribution in [2.45, 2.75) is 0 Å². The smallest absolute Gasteiger partial charge is 0.166 e. The first-order valence-electron chi connectivity index (χ1n) is 3.57. The van der Waals surface area contributed by atoms with Gasteiger partial charge in [0.1, 0.15) is 0 Å². The number of hydrogen-bond acceptors (Lipinski definition) is 3. The zero-order chi connectivity index (χ0) is 9.42. The van der Waals surface area contributed by atoms with Gasteiger partial charge < -0.3 is 5.11 Å². The fourth-order valence-electron chi connectivity index (χ4n) is 1.15. The molecule has 1 N–H and O–H groups in total. The van der Waals surface area contributed by atoms with Gasteiger partial charge in [0.25, 0.3) is 0 Å². The summed E-state index contributed by atoms with van der Waals surface area (Å²) in [5.41, 5.74) is 0.482. The highest BCUT2D eigenvalue weighted by molar-refractivity contribution is 7.17. The van der Waals surface area contributed by atoms with E-state index in [0.29, 0.717) is 21.9 Å². The number of thiophene rings is 1. The van der Waals surface area contributed by atoms with Crippen LogP contribution in [0.5, 0.6) is 5.75 Å². The van der Waals surface area contributed by atoms with Crippen molar-refractivity contribution in [2.24, 2.45) is 0 Å². The average Bonchev–Trinajstić information content (AvgIpc) is 2.48. The molecule has 0 saturated carbocycles. The van der Waals surface area contributed by atoms with Crippen LogP contribution >= 0.6 is 11.3 Å². The largest absolute Gasteiger partial charge is 0.505 e. The van der Waals surface area contributed by atoms with Gasteiger partial charge in [-0.15, -0.1) is 11.3 Å². The summed E-state index contributed by atoms with van der Waals surface area (Å²) in [6.07, 6.45) is 0.691. The van der Waals surface area contributed by atoms with Gasteiger partial charge in [-0.3, -0.25) is 4.79 Å². The summed E-state index contributed by atoms with van der Waals surface area (Å²) < 4.78 is 13.5. The lowest BCUT2D eigenvalue weighted by atomic mass is 10.2. The highest BCUT2D eigenvalue weighted by Crippen LogP contribution is 2.30. The van der Waals surface area contributed by atoms with Crippen molar-refractivity contribution >= 4 is 27.7 Å². The van der Waals surface area contributed by atoms with Gasteiger partial charge in [-0.1, -0.05) is 0 Å².